The molecule has 1 rings (SSSR count). The van der Waals surface area contributed by atoms with Crippen LogP contribution in [0.1, 0.15) is 20.3 Å². The predicted molar refractivity (Wildman–Crippen MR) is 61.5 cm³/mol. The fraction of sp³-hybridized carbons (Fsp3) is 0.417. The number of rotatable bonds is 6. The molecule has 1 aromatic carbocycles. The summed E-state index contributed by atoms with van der Waals surface area (Å²) in [6, 6.07) is 7.12. The van der Waals surface area contributed by atoms with E-state index >= 15 is 0 Å². The minimum absolute atomic E-state index is 0.448. The molecule has 0 fully saturated rings. The Balaban J connectivity index is 2.63. The first kappa shape index (κ1) is 12.4. The Morgan fingerprint density at radius 1 is 1.25 bits per heavy atom. The van der Waals surface area contributed by atoms with Crippen molar-refractivity contribution in [3.63, 3.8) is 0 Å². The van der Waals surface area contributed by atoms with Crippen LogP contribution in [0.3, 0.4) is 0 Å². The van der Waals surface area contributed by atoms with Crippen LogP contribution in [0.4, 0.5) is 0 Å². The second-order valence-corrected chi connectivity index (χ2v) is 3.32. The van der Waals surface area contributed by atoms with E-state index in [0.29, 0.717) is 18.8 Å². The molecule has 16 heavy (non-hydrogen) atoms. The summed E-state index contributed by atoms with van der Waals surface area (Å²) in [6.45, 7) is 4.40. The highest BCUT2D eigenvalue weighted by atomic mass is 16.5. The highest BCUT2D eigenvalue weighted by Crippen LogP contribution is 2.19. The van der Waals surface area contributed by atoms with Gasteiger partial charge in [-0.1, -0.05) is 6.92 Å². The molecule has 0 saturated heterocycles. The Hall–Kier alpha value is -1.71. The molecular weight excluding hydrogens is 206 g/mol. The normalized spacial score (nSPS) is 11.9. The quantitative estimate of drug-likeness (QED) is 0.798. The number of benzene rings is 1. The molecular formula is C12H17NO3. The molecule has 1 aromatic rings. The van der Waals surface area contributed by atoms with Crippen LogP contribution in [-0.2, 0) is 4.79 Å². The van der Waals surface area contributed by atoms with Crippen LogP contribution in [0.25, 0.3) is 0 Å². The highest BCUT2D eigenvalue weighted by molar-refractivity contribution is 5.79. The predicted octanol–water partition coefficient (Wildman–Crippen LogP) is 1.73. The van der Waals surface area contributed by atoms with Gasteiger partial charge in [-0.15, -0.1) is 0 Å². The molecule has 0 spiro atoms. The maximum absolute atomic E-state index is 11.0. The second kappa shape index (κ2) is 6.00. The summed E-state index contributed by atoms with van der Waals surface area (Å²) >= 11 is 0. The molecule has 0 bridgehead atoms. The van der Waals surface area contributed by atoms with E-state index in [-0.39, 0.29) is 0 Å². The number of hydrogen-bond donors (Lipinski definition) is 1. The average Bonchev–Trinajstić information content (AvgIpc) is 2.28. The molecule has 0 aliphatic heterocycles. The van der Waals surface area contributed by atoms with Crippen molar-refractivity contribution in [2.75, 3.05) is 6.61 Å². The van der Waals surface area contributed by atoms with Crippen LogP contribution in [0.15, 0.2) is 24.3 Å². The number of carbonyl (C=O) groups excluding carboxylic acids is 1. The van der Waals surface area contributed by atoms with E-state index < -0.39 is 12.0 Å². The fourth-order valence-corrected chi connectivity index (χ4v) is 1.29. The first-order chi connectivity index (χ1) is 7.67. The van der Waals surface area contributed by atoms with Gasteiger partial charge in [-0.25, -0.2) is 0 Å². The zero-order chi connectivity index (χ0) is 12.0. The van der Waals surface area contributed by atoms with Gasteiger partial charge < -0.3 is 15.2 Å². The van der Waals surface area contributed by atoms with E-state index in [1.165, 1.54) is 0 Å². The standard InChI is InChI=1S/C12H17NO3/c1-3-11(12(13)14)16-10-7-5-9(6-8-10)15-4-2/h5-8,11H,3-4H2,1-2H3,(H2,13,14). The molecule has 1 unspecified atom stereocenters. The number of hydrogen-bond acceptors (Lipinski definition) is 3. The molecule has 4 nitrogen and oxygen atoms in total. The Morgan fingerprint density at radius 3 is 2.25 bits per heavy atom. The summed E-state index contributed by atoms with van der Waals surface area (Å²) in [6.07, 6.45) is -0.0133. The first-order valence-electron chi connectivity index (χ1n) is 5.36. The Kier molecular flexibility index (Phi) is 4.64. The van der Waals surface area contributed by atoms with E-state index in [0.717, 1.165) is 5.75 Å². The fourth-order valence-electron chi connectivity index (χ4n) is 1.29. The Labute approximate surface area is 95.3 Å². The van der Waals surface area contributed by atoms with Crippen LogP contribution >= 0.6 is 0 Å². The number of ether oxygens (including phenoxy) is 2. The van der Waals surface area contributed by atoms with Crippen LogP contribution in [0.5, 0.6) is 11.5 Å². The first-order valence-corrected chi connectivity index (χ1v) is 5.36. The molecule has 88 valence electrons. The largest absolute Gasteiger partial charge is 0.494 e. The molecule has 0 aliphatic rings. The molecule has 0 saturated carbocycles. The van der Waals surface area contributed by atoms with Gasteiger partial charge in [0.05, 0.1) is 6.61 Å². The van der Waals surface area contributed by atoms with Crippen molar-refractivity contribution in [1.82, 2.24) is 0 Å². The van der Waals surface area contributed by atoms with Crippen molar-refractivity contribution in [3.8, 4) is 11.5 Å². The lowest BCUT2D eigenvalue weighted by molar-refractivity contribution is -0.124. The average molecular weight is 223 g/mol. The lowest BCUT2D eigenvalue weighted by atomic mass is 10.2. The van der Waals surface area contributed by atoms with Crippen molar-refractivity contribution in [3.05, 3.63) is 24.3 Å². The molecule has 4 heteroatoms. The Bertz CT molecular complexity index is 335. The minimum Gasteiger partial charge on any atom is -0.494 e. The number of amides is 1. The van der Waals surface area contributed by atoms with Crippen molar-refractivity contribution in [1.29, 1.82) is 0 Å². The van der Waals surface area contributed by atoms with Gasteiger partial charge in [-0.2, -0.15) is 0 Å². The number of nitrogens with two attached hydrogens (primary N) is 1. The van der Waals surface area contributed by atoms with Crippen molar-refractivity contribution in [2.24, 2.45) is 5.73 Å². The lowest BCUT2D eigenvalue weighted by Crippen LogP contribution is -2.32. The van der Waals surface area contributed by atoms with Crippen molar-refractivity contribution in [2.45, 2.75) is 26.4 Å². The molecule has 0 aliphatic carbocycles. The summed E-state index contributed by atoms with van der Waals surface area (Å²) in [5.74, 6) is 0.951. The molecule has 0 radical (unpaired) electrons. The molecule has 1 amide bonds. The molecule has 2 N–H and O–H groups in total. The van der Waals surface area contributed by atoms with E-state index in [9.17, 15) is 4.79 Å². The maximum Gasteiger partial charge on any atom is 0.258 e. The van der Waals surface area contributed by atoms with E-state index in [2.05, 4.69) is 0 Å². The zero-order valence-corrected chi connectivity index (χ0v) is 9.60. The van der Waals surface area contributed by atoms with Crippen molar-refractivity contribution < 1.29 is 14.3 Å². The SMILES string of the molecule is CCOc1ccc(OC(CC)C(N)=O)cc1. The second-order valence-electron chi connectivity index (χ2n) is 3.32. The van der Waals surface area contributed by atoms with Crippen LogP contribution < -0.4 is 15.2 Å². The molecule has 0 heterocycles. The van der Waals surface area contributed by atoms with Gasteiger partial charge in [0.25, 0.3) is 5.91 Å². The lowest BCUT2D eigenvalue weighted by Gasteiger charge is -2.14. The third kappa shape index (κ3) is 3.46. The van der Waals surface area contributed by atoms with E-state index in [4.69, 9.17) is 15.2 Å². The topological polar surface area (TPSA) is 61.6 Å². The van der Waals surface area contributed by atoms with Crippen LogP contribution in [0.2, 0.25) is 0 Å². The minimum atomic E-state index is -0.571. The number of primary amides is 1. The smallest absolute Gasteiger partial charge is 0.258 e. The van der Waals surface area contributed by atoms with Gasteiger partial charge in [0, 0.05) is 0 Å². The van der Waals surface area contributed by atoms with Gasteiger partial charge in [0.15, 0.2) is 6.10 Å². The Morgan fingerprint density at radius 2 is 1.81 bits per heavy atom. The number of carbonyl (C=O) groups is 1. The summed E-state index contributed by atoms with van der Waals surface area (Å²) in [7, 11) is 0. The van der Waals surface area contributed by atoms with E-state index in [1.807, 2.05) is 13.8 Å². The van der Waals surface area contributed by atoms with E-state index in [1.54, 1.807) is 24.3 Å². The van der Waals surface area contributed by atoms with Crippen molar-refractivity contribution >= 4 is 5.91 Å². The van der Waals surface area contributed by atoms with Crippen LogP contribution in [-0.4, -0.2) is 18.6 Å². The zero-order valence-electron chi connectivity index (χ0n) is 9.60. The monoisotopic (exact) mass is 223 g/mol. The van der Waals surface area contributed by atoms with Crippen LogP contribution in [0, 0.1) is 0 Å². The van der Waals surface area contributed by atoms with Gasteiger partial charge in [0.2, 0.25) is 0 Å². The van der Waals surface area contributed by atoms with Gasteiger partial charge >= 0.3 is 0 Å². The van der Waals surface area contributed by atoms with Gasteiger partial charge in [-0.05, 0) is 37.6 Å². The highest BCUT2D eigenvalue weighted by Gasteiger charge is 2.14. The summed E-state index contributed by atoms with van der Waals surface area (Å²) in [4.78, 5) is 11.0. The third-order valence-electron chi connectivity index (χ3n) is 2.10. The molecule has 0 aromatic heterocycles. The summed E-state index contributed by atoms with van der Waals surface area (Å²) in [5, 5.41) is 0. The summed E-state index contributed by atoms with van der Waals surface area (Å²) < 4.78 is 10.7. The van der Waals surface area contributed by atoms with Gasteiger partial charge in [0.1, 0.15) is 11.5 Å². The molecule has 1 atom stereocenters. The maximum atomic E-state index is 11.0. The summed E-state index contributed by atoms with van der Waals surface area (Å²) in [5.41, 5.74) is 5.18. The van der Waals surface area contributed by atoms with Gasteiger partial charge in [-0.3, -0.25) is 4.79 Å². The third-order valence-corrected chi connectivity index (χ3v) is 2.10.